The lowest BCUT2D eigenvalue weighted by Gasteiger charge is -2.18. The first-order valence-electron chi connectivity index (χ1n) is 6.93. The summed E-state index contributed by atoms with van der Waals surface area (Å²) in [7, 11) is -1.25. The van der Waals surface area contributed by atoms with Crippen molar-refractivity contribution in [3.63, 3.8) is 0 Å². The Morgan fingerprint density at radius 3 is 2.65 bits per heavy atom. The predicted octanol–water partition coefficient (Wildman–Crippen LogP) is 0.203. The highest BCUT2D eigenvalue weighted by molar-refractivity contribution is 7.89. The van der Waals surface area contributed by atoms with E-state index < -0.39 is 27.7 Å². The van der Waals surface area contributed by atoms with Crippen molar-refractivity contribution in [3.05, 3.63) is 24.0 Å². The largest absolute Gasteiger partial charge is 0.495 e. The van der Waals surface area contributed by atoms with Gasteiger partial charge < -0.3 is 15.2 Å². The molecule has 7 nitrogen and oxygen atoms in total. The molecule has 1 saturated heterocycles. The van der Waals surface area contributed by atoms with E-state index in [1.54, 1.807) is 0 Å². The molecule has 0 aliphatic carbocycles. The molecule has 1 aromatic rings. The number of halogens is 1. The van der Waals surface area contributed by atoms with Gasteiger partial charge in [0.1, 0.15) is 16.5 Å². The average molecular weight is 346 g/mol. The SMILES string of the molecule is COC[C@@H]1CN(S(=O)(=O)c2cc(F)ccc2OC)C[C@H]1C(N)=O. The van der Waals surface area contributed by atoms with Crippen LogP contribution in [-0.2, 0) is 19.6 Å². The van der Waals surface area contributed by atoms with Gasteiger partial charge in [-0.1, -0.05) is 0 Å². The third-order valence-corrected chi connectivity index (χ3v) is 5.75. The van der Waals surface area contributed by atoms with Gasteiger partial charge in [0.05, 0.1) is 19.6 Å². The van der Waals surface area contributed by atoms with Gasteiger partial charge in [0.15, 0.2) is 0 Å². The number of ether oxygens (including phenoxy) is 2. The molecule has 0 bridgehead atoms. The number of rotatable bonds is 6. The van der Waals surface area contributed by atoms with Gasteiger partial charge >= 0.3 is 0 Å². The summed E-state index contributed by atoms with van der Waals surface area (Å²) < 4.78 is 50.2. The number of carbonyl (C=O) groups excluding carboxylic acids is 1. The molecule has 0 saturated carbocycles. The lowest BCUT2D eigenvalue weighted by molar-refractivity contribution is -0.122. The van der Waals surface area contributed by atoms with Crippen LogP contribution < -0.4 is 10.5 Å². The topological polar surface area (TPSA) is 98.9 Å². The van der Waals surface area contributed by atoms with Crippen LogP contribution in [0, 0.1) is 17.7 Å². The molecule has 1 amide bonds. The second kappa shape index (κ2) is 6.81. The molecule has 2 rings (SSSR count). The maximum absolute atomic E-state index is 13.5. The van der Waals surface area contributed by atoms with E-state index in [1.807, 2.05) is 0 Å². The maximum Gasteiger partial charge on any atom is 0.246 e. The fourth-order valence-corrected chi connectivity index (χ4v) is 4.41. The van der Waals surface area contributed by atoms with Crippen molar-refractivity contribution >= 4 is 15.9 Å². The lowest BCUT2D eigenvalue weighted by Crippen LogP contribution is -2.32. The van der Waals surface area contributed by atoms with Crippen molar-refractivity contribution in [2.45, 2.75) is 4.90 Å². The number of nitrogens with two attached hydrogens (primary N) is 1. The molecule has 1 aromatic carbocycles. The maximum atomic E-state index is 13.5. The molecule has 9 heteroatoms. The molecule has 0 radical (unpaired) electrons. The molecule has 128 valence electrons. The summed E-state index contributed by atoms with van der Waals surface area (Å²) in [5.41, 5.74) is 5.34. The van der Waals surface area contributed by atoms with Crippen LogP contribution in [-0.4, -0.2) is 52.5 Å². The second-order valence-corrected chi connectivity index (χ2v) is 7.25. The molecule has 0 spiro atoms. The molecule has 0 unspecified atom stereocenters. The minimum Gasteiger partial charge on any atom is -0.495 e. The van der Waals surface area contributed by atoms with E-state index in [9.17, 15) is 17.6 Å². The number of sulfonamides is 1. The molecule has 1 aliphatic rings. The Balaban J connectivity index is 2.37. The summed E-state index contributed by atoms with van der Waals surface area (Å²) in [5, 5.41) is 0. The lowest BCUT2D eigenvalue weighted by atomic mass is 9.96. The van der Waals surface area contributed by atoms with Gasteiger partial charge in [-0.3, -0.25) is 4.79 Å². The zero-order valence-corrected chi connectivity index (χ0v) is 13.7. The number of nitrogens with zero attached hydrogens (tertiary/aromatic N) is 1. The third kappa shape index (κ3) is 3.46. The molecule has 2 atom stereocenters. The number of methoxy groups -OCH3 is 2. The van der Waals surface area contributed by atoms with Gasteiger partial charge in [-0.2, -0.15) is 4.31 Å². The number of primary amides is 1. The number of amides is 1. The van der Waals surface area contributed by atoms with E-state index in [0.717, 1.165) is 16.4 Å². The van der Waals surface area contributed by atoms with Crippen LogP contribution >= 0.6 is 0 Å². The molecule has 23 heavy (non-hydrogen) atoms. The zero-order valence-electron chi connectivity index (χ0n) is 12.9. The quantitative estimate of drug-likeness (QED) is 0.793. The van der Waals surface area contributed by atoms with Gasteiger partial charge in [-0.05, 0) is 18.2 Å². The van der Waals surface area contributed by atoms with Crippen molar-refractivity contribution in [1.82, 2.24) is 4.31 Å². The van der Waals surface area contributed by atoms with E-state index in [0.29, 0.717) is 0 Å². The molecule has 1 heterocycles. The Hall–Kier alpha value is -1.71. The third-order valence-electron chi connectivity index (χ3n) is 3.90. The van der Waals surface area contributed by atoms with Gasteiger partial charge in [-0.25, -0.2) is 12.8 Å². The Kier molecular flexibility index (Phi) is 5.23. The van der Waals surface area contributed by atoms with Crippen LogP contribution in [0.5, 0.6) is 5.75 Å². The van der Waals surface area contributed by atoms with Crippen molar-refractivity contribution in [2.24, 2.45) is 17.6 Å². The number of hydrogen-bond donors (Lipinski definition) is 1. The van der Waals surface area contributed by atoms with Crippen LogP contribution in [0.25, 0.3) is 0 Å². The Morgan fingerprint density at radius 1 is 1.39 bits per heavy atom. The van der Waals surface area contributed by atoms with Crippen molar-refractivity contribution in [3.8, 4) is 5.75 Å². The van der Waals surface area contributed by atoms with Gasteiger partial charge in [0.25, 0.3) is 0 Å². The molecular weight excluding hydrogens is 327 g/mol. The standard InChI is InChI=1S/C14H19FN2O5S/c1-21-8-9-6-17(7-11(9)14(16)18)23(19,20)13-5-10(15)3-4-12(13)22-2/h3-5,9,11H,6-8H2,1-2H3,(H2,16,18)/t9-,11+/m0/s1. The predicted molar refractivity (Wildman–Crippen MR) is 79.8 cm³/mol. The normalized spacial score (nSPS) is 22.2. The summed E-state index contributed by atoms with van der Waals surface area (Å²) >= 11 is 0. The number of hydrogen-bond acceptors (Lipinski definition) is 5. The Labute approximate surface area is 134 Å². The highest BCUT2D eigenvalue weighted by Gasteiger charge is 2.42. The van der Waals surface area contributed by atoms with Crippen LogP contribution in [0.15, 0.2) is 23.1 Å². The summed E-state index contributed by atoms with van der Waals surface area (Å²) in [4.78, 5) is 11.3. The highest BCUT2D eigenvalue weighted by Crippen LogP contribution is 2.33. The first-order chi connectivity index (χ1) is 10.8. The minimum absolute atomic E-state index is 0.0391. The van der Waals surface area contributed by atoms with E-state index >= 15 is 0 Å². The monoisotopic (exact) mass is 346 g/mol. The fraction of sp³-hybridized carbons (Fsp3) is 0.500. The summed E-state index contributed by atoms with van der Waals surface area (Å²) in [5.74, 6) is -2.23. The smallest absolute Gasteiger partial charge is 0.246 e. The van der Waals surface area contributed by atoms with E-state index in [2.05, 4.69) is 0 Å². The summed E-state index contributed by atoms with van der Waals surface area (Å²) in [6.07, 6.45) is 0. The van der Waals surface area contributed by atoms with E-state index in [4.69, 9.17) is 15.2 Å². The number of benzene rings is 1. The Bertz CT molecular complexity index is 694. The molecule has 1 fully saturated rings. The van der Waals surface area contributed by atoms with Gasteiger partial charge in [0, 0.05) is 26.1 Å². The van der Waals surface area contributed by atoms with Gasteiger partial charge in [-0.15, -0.1) is 0 Å². The molecule has 1 aliphatic heterocycles. The summed E-state index contributed by atoms with van der Waals surface area (Å²) in [6.45, 7) is 0.217. The van der Waals surface area contributed by atoms with Crippen molar-refractivity contribution in [2.75, 3.05) is 33.9 Å². The van der Waals surface area contributed by atoms with E-state index in [-0.39, 0.29) is 36.3 Å². The zero-order chi connectivity index (χ0) is 17.2. The Morgan fingerprint density at radius 2 is 2.09 bits per heavy atom. The molecular formula is C14H19FN2O5S. The van der Waals surface area contributed by atoms with Gasteiger partial charge in [0.2, 0.25) is 15.9 Å². The van der Waals surface area contributed by atoms with Crippen LogP contribution in [0.3, 0.4) is 0 Å². The van der Waals surface area contributed by atoms with Crippen LogP contribution in [0.1, 0.15) is 0 Å². The molecule has 2 N–H and O–H groups in total. The minimum atomic E-state index is -4.02. The van der Waals surface area contributed by atoms with Crippen molar-refractivity contribution in [1.29, 1.82) is 0 Å². The summed E-state index contributed by atoms with van der Waals surface area (Å²) in [6, 6.07) is 3.26. The highest BCUT2D eigenvalue weighted by atomic mass is 32.2. The van der Waals surface area contributed by atoms with E-state index in [1.165, 1.54) is 20.3 Å². The average Bonchev–Trinajstić information content (AvgIpc) is 2.92. The van der Waals surface area contributed by atoms with Crippen LogP contribution in [0.4, 0.5) is 4.39 Å². The first kappa shape index (κ1) is 17.6. The second-order valence-electron chi connectivity index (χ2n) is 5.34. The molecule has 0 aromatic heterocycles. The van der Waals surface area contributed by atoms with Crippen molar-refractivity contribution < 1.29 is 27.1 Å². The fourth-order valence-electron chi connectivity index (χ4n) is 2.72. The van der Waals surface area contributed by atoms with Crippen LogP contribution in [0.2, 0.25) is 0 Å². The number of carbonyl (C=O) groups is 1. The first-order valence-corrected chi connectivity index (χ1v) is 8.37.